The standard InChI is InChI=1S/C27H36FN7O/c1-18(2)33-11-13-34(14-12-33)21-7-8-23(22(28)15-21)31-26-30-17-19-16-27(9-10-29-25(27)36)35(24(19)32-26)20-5-3-4-6-20/h7-8,15,17-18,20H,3-6,9-14,16H2,1-2H3,(H,29,36)(H,30,31,32). The van der Waals surface area contributed by atoms with Crippen LogP contribution in [0.3, 0.4) is 0 Å². The summed E-state index contributed by atoms with van der Waals surface area (Å²) in [5, 5.41) is 6.15. The number of nitrogens with zero attached hydrogens (tertiary/aromatic N) is 5. The smallest absolute Gasteiger partial charge is 0.246 e. The van der Waals surface area contributed by atoms with Crippen molar-refractivity contribution in [3.63, 3.8) is 0 Å². The Morgan fingerprint density at radius 3 is 2.61 bits per heavy atom. The van der Waals surface area contributed by atoms with E-state index in [2.05, 4.69) is 44.2 Å². The van der Waals surface area contributed by atoms with E-state index >= 15 is 4.39 Å². The van der Waals surface area contributed by atoms with E-state index in [0.29, 0.717) is 36.7 Å². The van der Waals surface area contributed by atoms with Crippen molar-refractivity contribution in [2.45, 2.75) is 70.0 Å². The Morgan fingerprint density at radius 2 is 1.94 bits per heavy atom. The summed E-state index contributed by atoms with van der Waals surface area (Å²) < 4.78 is 15.2. The predicted octanol–water partition coefficient (Wildman–Crippen LogP) is 3.45. The Hall–Kier alpha value is -2.94. The number of halogens is 1. The lowest BCUT2D eigenvalue weighted by molar-refractivity contribution is -0.123. The van der Waals surface area contributed by atoms with Crippen LogP contribution < -0.4 is 20.4 Å². The Labute approximate surface area is 212 Å². The fourth-order valence-corrected chi connectivity index (χ4v) is 6.56. The van der Waals surface area contributed by atoms with Crippen LogP contribution in [0.2, 0.25) is 0 Å². The number of aromatic nitrogens is 2. The van der Waals surface area contributed by atoms with Gasteiger partial charge in [0.2, 0.25) is 11.9 Å². The third kappa shape index (κ3) is 3.97. The molecule has 2 aromatic rings. The maximum Gasteiger partial charge on any atom is 0.246 e. The van der Waals surface area contributed by atoms with E-state index in [1.54, 1.807) is 12.1 Å². The molecular formula is C27H36FN7O. The second-order valence-electron chi connectivity index (χ2n) is 11.0. The summed E-state index contributed by atoms with van der Waals surface area (Å²) in [6, 6.07) is 6.18. The van der Waals surface area contributed by atoms with E-state index in [0.717, 1.165) is 62.5 Å². The molecule has 1 aliphatic carbocycles. The molecule has 4 aliphatic rings. The fourth-order valence-electron chi connectivity index (χ4n) is 6.56. The van der Waals surface area contributed by atoms with Gasteiger partial charge in [0.1, 0.15) is 17.2 Å². The molecule has 8 nitrogen and oxygen atoms in total. The largest absolute Gasteiger partial charge is 0.369 e. The summed E-state index contributed by atoms with van der Waals surface area (Å²) >= 11 is 0. The first-order valence-electron chi connectivity index (χ1n) is 13.4. The number of rotatable bonds is 5. The average molecular weight is 494 g/mol. The highest BCUT2D eigenvalue weighted by Crippen LogP contribution is 2.46. The van der Waals surface area contributed by atoms with Crippen LogP contribution in [0.1, 0.15) is 51.5 Å². The quantitative estimate of drug-likeness (QED) is 0.661. The van der Waals surface area contributed by atoms with E-state index in [1.807, 2.05) is 12.3 Å². The molecule has 4 heterocycles. The summed E-state index contributed by atoms with van der Waals surface area (Å²) in [6.45, 7) is 8.88. The van der Waals surface area contributed by atoms with E-state index in [1.165, 1.54) is 12.8 Å². The van der Waals surface area contributed by atoms with Crippen molar-refractivity contribution < 1.29 is 9.18 Å². The van der Waals surface area contributed by atoms with Gasteiger partial charge in [0.25, 0.3) is 0 Å². The van der Waals surface area contributed by atoms with Crippen molar-refractivity contribution in [1.29, 1.82) is 0 Å². The van der Waals surface area contributed by atoms with E-state index in [-0.39, 0.29) is 11.7 Å². The first kappa shape index (κ1) is 23.5. The highest BCUT2D eigenvalue weighted by atomic mass is 19.1. The molecule has 9 heteroatoms. The maximum absolute atomic E-state index is 15.2. The number of benzene rings is 1. The summed E-state index contributed by atoms with van der Waals surface area (Å²) in [7, 11) is 0. The summed E-state index contributed by atoms with van der Waals surface area (Å²) in [5.41, 5.74) is 1.70. The predicted molar refractivity (Wildman–Crippen MR) is 139 cm³/mol. The van der Waals surface area contributed by atoms with Gasteiger partial charge in [0, 0.05) is 68.7 Å². The van der Waals surface area contributed by atoms with Crippen LogP contribution in [-0.2, 0) is 11.2 Å². The summed E-state index contributed by atoms with van der Waals surface area (Å²) in [4.78, 5) is 29.3. The molecule has 0 radical (unpaired) electrons. The number of piperazine rings is 1. The minimum absolute atomic E-state index is 0.0952. The van der Waals surface area contributed by atoms with Crippen LogP contribution in [0, 0.1) is 5.82 Å². The molecule has 2 N–H and O–H groups in total. The van der Waals surface area contributed by atoms with E-state index in [4.69, 9.17) is 4.98 Å². The van der Waals surface area contributed by atoms with Gasteiger partial charge in [0.15, 0.2) is 0 Å². The van der Waals surface area contributed by atoms with E-state index in [9.17, 15) is 4.79 Å². The average Bonchev–Trinajstić information content (AvgIpc) is 3.60. The fraction of sp³-hybridized carbons (Fsp3) is 0.593. The summed E-state index contributed by atoms with van der Waals surface area (Å²) in [6.07, 6.45) is 7.73. The lowest BCUT2D eigenvalue weighted by atomic mass is 9.91. The number of fused-ring (bicyclic) bond motifs is 1. The topological polar surface area (TPSA) is 76.6 Å². The van der Waals surface area contributed by atoms with Crippen LogP contribution in [0.15, 0.2) is 24.4 Å². The zero-order valence-corrected chi connectivity index (χ0v) is 21.3. The van der Waals surface area contributed by atoms with Gasteiger partial charge in [-0.05, 0) is 51.3 Å². The molecule has 1 aromatic carbocycles. The van der Waals surface area contributed by atoms with Crippen LogP contribution in [0.5, 0.6) is 0 Å². The minimum atomic E-state index is -0.558. The second-order valence-corrected chi connectivity index (χ2v) is 11.0. The van der Waals surface area contributed by atoms with Gasteiger partial charge in [-0.25, -0.2) is 9.37 Å². The molecule has 1 spiro atoms. The zero-order chi connectivity index (χ0) is 24.9. The van der Waals surface area contributed by atoms with Crippen molar-refractivity contribution in [2.75, 3.05) is 47.8 Å². The Kier molecular flexibility index (Phi) is 5.98. The van der Waals surface area contributed by atoms with Crippen LogP contribution in [-0.4, -0.2) is 71.1 Å². The maximum atomic E-state index is 15.2. The lowest BCUT2D eigenvalue weighted by Gasteiger charge is -2.38. The number of carbonyl (C=O) groups excluding carboxylic acids is 1. The van der Waals surface area contributed by atoms with Gasteiger partial charge in [0.05, 0.1) is 5.69 Å². The number of hydrogen-bond acceptors (Lipinski definition) is 7. The molecular weight excluding hydrogens is 457 g/mol. The molecule has 2 saturated heterocycles. The molecule has 1 aromatic heterocycles. The van der Waals surface area contributed by atoms with Crippen molar-refractivity contribution in [2.24, 2.45) is 0 Å². The molecule has 1 atom stereocenters. The highest BCUT2D eigenvalue weighted by Gasteiger charge is 2.55. The molecule has 192 valence electrons. The zero-order valence-electron chi connectivity index (χ0n) is 21.3. The SMILES string of the molecule is CC(C)N1CCN(c2ccc(Nc3ncc4c(n3)N(C3CCCC3)C3(CCNC3=O)C4)c(F)c2)CC1. The second kappa shape index (κ2) is 9.18. The Bertz CT molecular complexity index is 1140. The van der Waals surface area contributed by atoms with Crippen molar-refractivity contribution in [1.82, 2.24) is 20.2 Å². The third-order valence-electron chi connectivity index (χ3n) is 8.56. The van der Waals surface area contributed by atoms with Crippen molar-refractivity contribution in [3.05, 3.63) is 35.8 Å². The van der Waals surface area contributed by atoms with Gasteiger partial charge in [-0.2, -0.15) is 4.98 Å². The van der Waals surface area contributed by atoms with E-state index < -0.39 is 5.54 Å². The minimum Gasteiger partial charge on any atom is -0.369 e. The Balaban J connectivity index is 1.22. The molecule has 0 bridgehead atoms. The normalized spacial score (nSPS) is 24.7. The number of anilines is 4. The van der Waals surface area contributed by atoms with Crippen molar-refractivity contribution >= 4 is 29.0 Å². The van der Waals surface area contributed by atoms with Gasteiger partial charge >= 0.3 is 0 Å². The van der Waals surface area contributed by atoms with Gasteiger partial charge in [-0.3, -0.25) is 9.69 Å². The number of hydrogen-bond donors (Lipinski definition) is 2. The molecule has 3 fully saturated rings. The van der Waals surface area contributed by atoms with Crippen molar-refractivity contribution in [3.8, 4) is 0 Å². The molecule has 1 amide bonds. The molecule has 1 unspecified atom stereocenters. The lowest BCUT2D eigenvalue weighted by Crippen LogP contribution is -2.56. The summed E-state index contributed by atoms with van der Waals surface area (Å²) in [5.74, 6) is 0.973. The third-order valence-corrected chi connectivity index (χ3v) is 8.56. The van der Waals surface area contributed by atoms with Crippen LogP contribution in [0.25, 0.3) is 0 Å². The van der Waals surface area contributed by atoms with Crippen LogP contribution in [0.4, 0.5) is 27.5 Å². The molecule has 36 heavy (non-hydrogen) atoms. The van der Waals surface area contributed by atoms with Gasteiger partial charge < -0.3 is 20.4 Å². The Morgan fingerprint density at radius 1 is 1.17 bits per heavy atom. The first-order valence-corrected chi connectivity index (χ1v) is 13.4. The molecule has 3 aliphatic heterocycles. The first-order chi connectivity index (χ1) is 17.4. The highest BCUT2D eigenvalue weighted by molar-refractivity contribution is 5.94. The number of amides is 1. The molecule has 1 saturated carbocycles. The van der Waals surface area contributed by atoms with Crippen LogP contribution >= 0.6 is 0 Å². The molecule has 6 rings (SSSR count). The number of nitrogens with one attached hydrogen (secondary N) is 2. The monoisotopic (exact) mass is 493 g/mol. The van der Waals surface area contributed by atoms with Gasteiger partial charge in [-0.15, -0.1) is 0 Å². The van der Waals surface area contributed by atoms with Gasteiger partial charge in [-0.1, -0.05) is 12.8 Å². The number of carbonyl (C=O) groups is 1.